The lowest BCUT2D eigenvalue weighted by molar-refractivity contribution is -0.384. The first-order chi connectivity index (χ1) is 11.7. The summed E-state index contributed by atoms with van der Waals surface area (Å²) in [6.45, 7) is 3.66. The third kappa shape index (κ3) is 2.53. The lowest BCUT2D eigenvalue weighted by Crippen LogP contribution is -2.54. The maximum Gasteiger partial charge on any atom is 0.269 e. The van der Waals surface area contributed by atoms with Gasteiger partial charge in [-0.2, -0.15) is 0 Å². The number of nitrogens with zero attached hydrogens (tertiary/aromatic N) is 4. The molecule has 0 amide bonds. The van der Waals surface area contributed by atoms with Gasteiger partial charge in [0.25, 0.3) is 5.69 Å². The van der Waals surface area contributed by atoms with Gasteiger partial charge in [-0.05, 0) is 37.3 Å². The molecule has 1 saturated heterocycles. The number of fused-ring (bicyclic) bond motifs is 2. The van der Waals surface area contributed by atoms with E-state index in [9.17, 15) is 15.3 Å². The van der Waals surface area contributed by atoms with Crippen molar-refractivity contribution in [2.75, 3.05) is 31.1 Å². The first-order valence-electron chi connectivity index (χ1n) is 8.62. The monoisotopic (exact) mass is 330 g/mol. The molecule has 0 spiro atoms. The Bertz CT molecular complexity index is 652. The quantitative estimate of drug-likeness (QED) is 0.522. The Morgan fingerprint density at radius 1 is 1.12 bits per heavy atom. The maximum atomic E-state index is 10.8. The van der Waals surface area contributed by atoms with E-state index in [-0.39, 0.29) is 10.6 Å². The largest absolute Gasteiger partial charge is 0.411 e. The van der Waals surface area contributed by atoms with Crippen molar-refractivity contribution < 1.29 is 10.1 Å². The second-order valence-corrected chi connectivity index (χ2v) is 7.04. The molecule has 2 saturated carbocycles. The number of benzene rings is 1. The van der Waals surface area contributed by atoms with Crippen LogP contribution in [0.2, 0.25) is 0 Å². The van der Waals surface area contributed by atoms with E-state index in [1.54, 1.807) is 12.1 Å². The van der Waals surface area contributed by atoms with Gasteiger partial charge in [0.05, 0.1) is 16.7 Å². The molecule has 7 nitrogen and oxygen atoms in total. The summed E-state index contributed by atoms with van der Waals surface area (Å²) in [4.78, 5) is 15.1. The van der Waals surface area contributed by atoms with Gasteiger partial charge in [-0.25, -0.2) is 0 Å². The van der Waals surface area contributed by atoms with Crippen LogP contribution in [-0.4, -0.2) is 53.0 Å². The van der Waals surface area contributed by atoms with Crippen LogP contribution < -0.4 is 4.90 Å². The zero-order chi connectivity index (χ0) is 16.7. The molecule has 1 aromatic rings. The van der Waals surface area contributed by atoms with Crippen LogP contribution in [0.5, 0.6) is 0 Å². The van der Waals surface area contributed by atoms with Crippen molar-refractivity contribution in [3.8, 4) is 0 Å². The highest BCUT2D eigenvalue weighted by Gasteiger charge is 2.48. The summed E-state index contributed by atoms with van der Waals surface area (Å²) in [5.41, 5.74) is 2.16. The number of hydrogen-bond acceptors (Lipinski definition) is 6. The van der Waals surface area contributed by atoms with Crippen LogP contribution in [0.25, 0.3) is 0 Å². The van der Waals surface area contributed by atoms with Crippen LogP contribution in [0.4, 0.5) is 11.4 Å². The molecule has 3 atom stereocenters. The minimum Gasteiger partial charge on any atom is -0.411 e. The van der Waals surface area contributed by atoms with Gasteiger partial charge in [-0.1, -0.05) is 5.16 Å². The number of hydrogen-bond donors (Lipinski definition) is 1. The number of non-ortho nitro benzene ring substituents is 1. The standard InChI is InChI=1S/C17H22N4O3/c22-18-16-12-1-2-13(11-12)17(16)20-9-7-19(8-10-20)14-3-5-15(6-4-14)21(23)24/h3-6,12-13,17,22H,1-2,7-11H2/b18-16-/t12-,13+,17+/m0/s1. The van der Waals surface area contributed by atoms with E-state index >= 15 is 0 Å². The molecule has 0 radical (unpaired) electrons. The Hall–Kier alpha value is -2.15. The number of oxime groups is 1. The van der Waals surface area contributed by atoms with Crippen LogP contribution >= 0.6 is 0 Å². The Kier molecular flexibility index (Phi) is 3.88. The minimum atomic E-state index is -0.368. The van der Waals surface area contributed by atoms with E-state index in [1.807, 2.05) is 12.1 Å². The van der Waals surface area contributed by atoms with E-state index < -0.39 is 0 Å². The van der Waals surface area contributed by atoms with Crippen molar-refractivity contribution in [1.82, 2.24) is 4.90 Å². The van der Waals surface area contributed by atoms with Crippen molar-refractivity contribution in [2.24, 2.45) is 17.0 Å². The van der Waals surface area contributed by atoms with Gasteiger partial charge < -0.3 is 10.1 Å². The van der Waals surface area contributed by atoms with Gasteiger partial charge in [0.1, 0.15) is 0 Å². The molecular weight excluding hydrogens is 308 g/mol. The molecule has 2 aliphatic carbocycles. The number of rotatable bonds is 3. The van der Waals surface area contributed by atoms with Crippen molar-refractivity contribution in [1.29, 1.82) is 0 Å². The van der Waals surface area contributed by atoms with Crippen LogP contribution in [-0.2, 0) is 0 Å². The van der Waals surface area contributed by atoms with Gasteiger partial charge >= 0.3 is 0 Å². The summed E-state index contributed by atoms with van der Waals surface area (Å²) >= 11 is 0. The average Bonchev–Trinajstić information content (AvgIpc) is 3.23. The molecule has 3 aliphatic rings. The average molecular weight is 330 g/mol. The Balaban J connectivity index is 1.41. The highest BCUT2D eigenvalue weighted by Crippen LogP contribution is 2.45. The lowest BCUT2D eigenvalue weighted by Gasteiger charge is -2.41. The molecule has 0 aromatic heterocycles. The Labute approximate surface area is 140 Å². The maximum absolute atomic E-state index is 10.8. The lowest BCUT2D eigenvalue weighted by atomic mass is 9.91. The van der Waals surface area contributed by atoms with Crippen molar-refractivity contribution in [3.63, 3.8) is 0 Å². The van der Waals surface area contributed by atoms with Crippen LogP contribution in [0.3, 0.4) is 0 Å². The molecule has 1 N–H and O–H groups in total. The summed E-state index contributed by atoms with van der Waals surface area (Å²) < 4.78 is 0. The first-order valence-corrected chi connectivity index (χ1v) is 8.62. The Morgan fingerprint density at radius 2 is 1.83 bits per heavy atom. The van der Waals surface area contributed by atoms with Crippen LogP contribution in [0.1, 0.15) is 19.3 Å². The molecule has 4 rings (SSSR count). The minimum absolute atomic E-state index is 0.128. The normalized spacial score (nSPS) is 31.8. The van der Waals surface area contributed by atoms with E-state index in [4.69, 9.17) is 0 Å². The third-order valence-electron chi connectivity index (χ3n) is 5.89. The molecule has 2 bridgehead atoms. The van der Waals surface area contributed by atoms with Gasteiger partial charge in [0, 0.05) is 49.9 Å². The second kappa shape index (κ2) is 6.05. The van der Waals surface area contributed by atoms with Gasteiger partial charge in [0.2, 0.25) is 0 Å². The van der Waals surface area contributed by atoms with Crippen molar-refractivity contribution in [2.45, 2.75) is 25.3 Å². The smallest absolute Gasteiger partial charge is 0.269 e. The fourth-order valence-electron chi connectivity index (χ4n) is 4.72. The number of nitro benzene ring substituents is 1. The third-order valence-corrected chi connectivity index (χ3v) is 5.89. The molecule has 1 heterocycles. The number of piperazine rings is 1. The van der Waals surface area contributed by atoms with Gasteiger partial charge in [0.15, 0.2) is 0 Å². The first kappa shape index (κ1) is 15.4. The highest BCUT2D eigenvalue weighted by atomic mass is 16.6. The molecule has 24 heavy (non-hydrogen) atoms. The second-order valence-electron chi connectivity index (χ2n) is 7.04. The van der Waals surface area contributed by atoms with E-state index in [0.29, 0.717) is 17.9 Å². The van der Waals surface area contributed by atoms with Crippen molar-refractivity contribution >= 4 is 17.1 Å². The molecule has 7 heteroatoms. The SMILES string of the molecule is O=[N+]([O-])c1ccc(N2CCN([C@H]3/C(=N\O)[C@H]4CC[C@@H]3C4)CC2)cc1. The summed E-state index contributed by atoms with van der Waals surface area (Å²) in [6.07, 6.45) is 3.59. The molecule has 1 aliphatic heterocycles. The summed E-state index contributed by atoms with van der Waals surface area (Å²) in [5, 5.41) is 23.8. The topological polar surface area (TPSA) is 82.2 Å². The molecular formula is C17H22N4O3. The predicted octanol–water partition coefficient (Wildman–Crippen LogP) is 2.35. The number of anilines is 1. The fourth-order valence-corrected chi connectivity index (χ4v) is 4.72. The van der Waals surface area contributed by atoms with E-state index in [1.165, 1.54) is 19.3 Å². The summed E-state index contributed by atoms with van der Waals surface area (Å²) in [7, 11) is 0. The van der Waals surface area contributed by atoms with Gasteiger partial charge in [-0.15, -0.1) is 0 Å². The number of nitro groups is 1. The highest BCUT2D eigenvalue weighted by molar-refractivity contribution is 5.94. The fraction of sp³-hybridized carbons (Fsp3) is 0.588. The Morgan fingerprint density at radius 3 is 2.46 bits per heavy atom. The zero-order valence-corrected chi connectivity index (χ0v) is 13.5. The molecule has 128 valence electrons. The zero-order valence-electron chi connectivity index (χ0n) is 13.5. The molecule has 3 fully saturated rings. The van der Waals surface area contributed by atoms with E-state index in [0.717, 1.165) is 37.6 Å². The summed E-state index contributed by atoms with van der Waals surface area (Å²) in [5.74, 6) is 1.13. The van der Waals surface area contributed by atoms with E-state index in [2.05, 4.69) is 15.0 Å². The molecule has 1 aromatic carbocycles. The van der Waals surface area contributed by atoms with Crippen LogP contribution in [0.15, 0.2) is 29.4 Å². The van der Waals surface area contributed by atoms with Crippen LogP contribution in [0, 0.1) is 22.0 Å². The summed E-state index contributed by atoms with van der Waals surface area (Å²) in [6, 6.07) is 7.09. The van der Waals surface area contributed by atoms with Gasteiger partial charge in [-0.3, -0.25) is 15.0 Å². The molecule has 0 unspecified atom stereocenters. The van der Waals surface area contributed by atoms with Crippen molar-refractivity contribution in [3.05, 3.63) is 34.4 Å². The predicted molar refractivity (Wildman–Crippen MR) is 90.7 cm³/mol.